The normalized spacial score (nSPS) is 13.4. The van der Waals surface area contributed by atoms with Crippen LogP contribution in [0.25, 0.3) is 27.6 Å². The highest BCUT2D eigenvalue weighted by atomic mass is 16.5. The molecule has 0 bridgehead atoms. The first-order valence-electron chi connectivity index (χ1n) is 27.0. The summed E-state index contributed by atoms with van der Waals surface area (Å²) in [6.45, 7) is 28.4. The quantitative estimate of drug-likeness (QED) is 0.129. The van der Waals surface area contributed by atoms with E-state index in [0.29, 0.717) is 6.67 Å². The maximum Gasteiger partial charge on any atom is 0.137 e. The molecule has 1 aliphatic heterocycles. The largest absolute Gasteiger partial charge is 0.457 e. The van der Waals surface area contributed by atoms with Crippen molar-refractivity contribution >= 4 is 44.6 Å². The number of anilines is 4. The van der Waals surface area contributed by atoms with Crippen LogP contribution in [0.4, 0.5) is 22.7 Å². The molecule has 382 valence electrons. The third-order valence-corrected chi connectivity index (χ3v) is 16.5. The fourth-order valence-electron chi connectivity index (χ4n) is 11.4. The predicted octanol–water partition coefficient (Wildman–Crippen LogP) is 18.8. The Morgan fingerprint density at radius 3 is 1.41 bits per heavy atom. The number of ether oxygens (including phenoxy) is 1. The summed E-state index contributed by atoms with van der Waals surface area (Å²) in [6, 6.07) is 73.4. The number of benzene rings is 8. The van der Waals surface area contributed by atoms with E-state index in [0.717, 1.165) is 39.7 Å². The average molecular weight is 997 g/mol. The SMILES string of the molecule is CC(C)(C)c1cc(Oc2cc(C(C)(C)c3ccccc3)c3c4ccccc4n(-c4cc(C(C)(C)C)ccn4)c3c2)cc(N2CN(c3cc(C(C)(C)c4ccccc4)cc(C(C)(C)c4ccccc4)c3)c3ccccc32)c1. The van der Waals surface area contributed by atoms with E-state index in [-0.39, 0.29) is 27.1 Å². The molecule has 0 atom stereocenters. The van der Waals surface area contributed by atoms with E-state index in [4.69, 9.17) is 9.72 Å². The van der Waals surface area contributed by atoms with Gasteiger partial charge < -0.3 is 14.5 Å². The minimum atomic E-state index is -0.389. The first-order valence-corrected chi connectivity index (χ1v) is 27.0. The van der Waals surface area contributed by atoms with Crippen molar-refractivity contribution < 1.29 is 4.74 Å². The predicted molar refractivity (Wildman–Crippen MR) is 320 cm³/mol. The van der Waals surface area contributed by atoms with Gasteiger partial charge in [-0.15, -0.1) is 0 Å². The first-order chi connectivity index (χ1) is 36.2. The summed E-state index contributed by atoms with van der Waals surface area (Å²) in [5.74, 6) is 2.45. The van der Waals surface area contributed by atoms with Crippen molar-refractivity contribution in [2.45, 2.75) is 110 Å². The Labute approximate surface area is 451 Å². The lowest BCUT2D eigenvalue weighted by Crippen LogP contribution is -2.27. The molecule has 0 unspecified atom stereocenters. The van der Waals surface area contributed by atoms with Gasteiger partial charge in [0.1, 0.15) is 24.0 Å². The second kappa shape index (κ2) is 18.7. The van der Waals surface area contributed by atoms with Crippen LogP contribution < -0.4 is 14.5 Å². The van der Waals surface area contributed by atoms with Crippen molar-refractivity contribution in [3.63, 3.8) is 0 Å². The van der Waals surface area contributed by atoms with Crippen LogP contribution in [0.1, 0.15) is 128 Å². The van der Waals surface area contributed by atoms with Crippen LogP contribution in [0.5, 0.6) is 11.5 Å². The number of nitrogens with zero attached hydrogens (tertiary/aromatic N) is 4. The summed E-state index contributed by atoms with van der Waals surface area (Å²) >= 11 is 0. The molecular weight excluding hydrogens is 925 g/mol. The highest BCUT2D eigenvalue weighted by molar-refractivity contribution is 6.12. The maximum absolute atomic E-state index is 7.37. The molecule has 3 heterocycles. The molecule has 0 radical (unpaired) electrons. The first kappa shape index (κ1) is 50.3. The van der Waals surface area contributed by atoms with E-state index in [1.807, 2.05) is 6.20 Å². The van der Waals surface area contributed by atoms with Gasteiger partial charge in [-0.25, -0.2) is 4.98 Å². The van der Waals surface area contributed by atoms with Crippen LogP contribution in [0.3, 0.4) is 0 Å². The van der Waals surface area contributed by atoms with Crippen molar-refractivity contribution in [3.8, 4) is 17.3 Å². The molecule has 0 N–H and O–H groups in total. The molecule has 76 heavy (non-hydrogen) atoms. The Kier molecular flexibility index (Phi) is 12.4. The van der Waals surface area contributed by atoms with Crippen LogP contribution in [0.15, 0.2) is 206 Å². The Balaban J connectivity index is 1.06. The van der Waals surface area contributed by atoms with E-state index < -0.39 is 0 Å². The summed E-state index contributed by atoms with van der Waals surface area (Å²) in [5, 5.41) is 2.38. The highest BCUT2D eigenvalue weighted by Gasteiger charge is 2.35. The minimum Gasteiger partial charge on any atom is -0.457 e. The van der Waals surface area contributed by atoms with Gasteiger partial charge in [0.15, 0.2) is 0 Å². The van der Waals surface area contributed by atoms with E-state index in [1.54, 1.807) is 0 Å². The lowest BCUT2D eigenvalue weighted by molar-refractivity contribution is 0.477. The van der Waals surface area contributed by atoms with Gasteiger partial charge >= 0.3 is 0 Å². The Hall–Kier alpha value is -7.89. The zero-order valence-electron chi connectivity index (χ0n) is 46.5. The van der Waals surface area contributed by atoms with Crippen LogP contribution in [-0.4, -0.2) is 16.2 Å². The van der Waals surface area contributed by atoms with Crippen molar-refractivity contribution in [3.05, 3.63) is 251 Å². The Morgan fingerprint density at radius 2 is 0.855 bits per heavy atom. The zero-order chi connectivity index (χ0) is 53.4. The molecule has 5 heteroatoms. The number of para-hydroxylation sites is 3. The van der Waals surface area contributed by atoms with E-state index in [1.165, 1.54) is 66.7 Å². The fraction of sp³-hybridized carbons (Fsp3) is 0.254. The van der Waals surface area contributed by atoms with Crippen molar-refractivity contribution in [2.75, 3.05) is 16.5 Å². The van der Waals surface area contributed by atoms with Crippen LogP contribution >= 0.6 is 0 Å². The second-order valence-electron chi connectivity index (χ2n) is 24.7. The number of fused-ring (bicyclic) bond motifs is 4. The molecule has 0 saturated carbocycles. The Morgan fingerprint density at radius 1 is 0.382 bits per heavy atom. The van der Waals surface area contributed by atoms with Gasteiger partial charge in [0.25, 0.3) is 0 Å². The van der Waals surface area contributed by atoms with Gasteiger partial charge in [-0.1, -0.05) is 210 Å². The van der Waals surface area contributed by atoms with Crippen LogP contribution in [-0.2, 0) is 27.1 Å². The topological polar surface area (TPSA) is 33.5 Å². The van der Waals surface area contributed by atoms with Crippen molar-refractivity contribution in [1.82, 2.24) is 9.55 Å². The van der Waals surface area contributed by atoms with Crippen LogP contribution in [0.2, 0.25) is 0 Å². The van der Waals surface area contributed by atoms with Gasteiger partial charge in [-0.2, -0.15) is 0 Å². The van der Waals surface area contributed by atoms with Gasteiger partial charge in [-0.3, -0.25) is 4.57 Å². The maximum atomic E-state index is 7.37. The lowest BCUT2D eigenvalue weighted by atomic mass is 9.73. The molecule has 5 nitrogen and oxygen atoms in total. The molecule has 0 spiro atoms. The number of aromatic nitrogens is 2. The fourth-order valence-corrected chi connectivity index (χ4v) is 11.4. The summed E-state index contributed by atoms with van der Waals surface area (Å²) in [7, 11) is 0. The molecule has 1 aliphatic rings. The van der Waals surface area contributed by atoms with E-state index in [9.17, 15) is 0 Å². The van der Waals surface area contributed by atoms with E-state index in [2.05, 4.69) is 298 Å². The molecule has 8 aromatic carbocycles. The molecular formula is C71H72N4O. The van der Waals surface area contributed by atoms with Crippen molar-refractivity contribution in [2.24, 2.45) is 0 Å². The molecule has 0 amide bonds. The van der Waals surface area contributed by atoms with Crippen molar-refractivity contribution in [1.29, 1.82) is 0 Å². The number of hydrogen-bond acceptors (Lipinski definition) is 4. The molecule has 0 saturated heterocycles. The summed E-state index contributed by atoms with van der Waals surface area (Å²) in [4.78, 5) is 10.0. The summed E-state index contributed by atoms with van der Waals surface area (Å²) < 4.78 is 9.71. The van der Waals surface area contributed by atoms with Gasteiger partial charge in [0, 0.05) is 56.7 Å². The molecule has 11 rings (SSSR count). The lowest BCUT2D eigenvalue weighted by Gasteiger charge is -2.33. The molecule has 0 fully saturated rings. The third-order valence-electron chi connectivity index (χ3n) is 16.5. The monoisotopic (exact) mass is 997 g/mol. The minimum absolute atomic E-state index is 0.0562. The zero-order valence-corrected chi connectivity index (χ0v) is 46.5. The molecule has 2 aromatic heterocycles. The number of hydrogen-bond donors (Lipinski definition) is 0. The number of rotatable bonds is 11. The summed E-state index contributed by atoms with van der Waals surface area (Å²) in [5.41, 5.74) is 15.6. The van der Waals surface area contributed by atoms with Gasteiger partial charge in [-0.05, 0) is 116 Å². The second-order valence-corrected chi connectivity index (χ2v) is 24.7. The smallest absolute Gasteiger partial charge is 0.137 e. The summed E-state index contributed by atoms with van der Waals surface area (Å²) in [6.07, 6.45) is 1.95. The van der Waals surface area contributed by atoms with Gasteiger partial charge in [0.2, 0.25) is 0 Å². The average Bonchev–Trinajstić information content (AvgIpc) is 4.12. The standard InChI is InChI=1S/C71H72N4O/c1-67(2,3)51-36-37-72-65(43-51)75-61-33-23-22-32-59(61)66-60(71(11,12)50-30-20-15-21-31-50)45-58(46-64(66)75)76-57-42-52(68(4,5)6)39-56(44-57)74-47-73(62-34-24-25-35-63(62)74)55-40-53(69(7,8)48-26-16-13-17-27-48)38-54(41-55)70(9,10)49-28-18-14-19-29-49/h13-46H,47H2,1-12H3. The number of pyridine rings is 1. The van der Waals surface area contributed by atoms with E-state index >= 15 is 0 Å². The highest BCUT2D eigenvalue weighted by Crippen LogP contribution is 2.50. The molecule has 10 aromatic rings. The molecule has 0 aliphatic carbocycles. The third kappa shape index (κ3) is 9.04. The Bertz CT molecular complexity index is 3690. The van der Waals surface area contributed by atoms with Gasteiger partial charge in [0.05, 0.1) is 22.4 Å². The van der Waals surface area contributed by atoms with Crippen LogP contribution in [0, 0.1) is 0 Å².